The van der Waals surface area contributed by atoms with Crippen LogP contribution >= 0.6 is 0 Å². The van der Waals surface area contributed by atoms with Crippen LogP contribution in [0.15, 0.2) is 34.3 Å². The largest absolute Gasteiger partial charge is 0.382 e. The van der Waals surface area contributed by atoms with Crippen LogP contribution < -0.4 is 16.7 Å². The smallest absolute Gasteiger partial charge is 0.238 e. The first-order chi connectivity index (χ1) is 9.45. The summed E-state index contributed by atoms with van der Waals surface area (Å²) >= 11 is 0. The van der Waals surface area contributed by atoms with E-state index in [0.717, 1.165) is 5.57 Å². The van der Waals surface area contributed by atoms with E-state index in [2.05, 4.69) is 5.10 Å². The molecule has 0 aromatic heterocycles. The van der Waals surface area contributed by atoms with Crippen LogP contribution in [-0.2, 0) is 14.8 Å². The third-order valence-electron chi connectivity index (χ3n) is 3.04. The minimum atomic E-state index is -3.92. The molecular formula is C12H16N4O3S. The van der Waals surface area contributed by atoms with Crippen LogP contribution in [0.5, 0.6) is 0 Å². The number of nitrogens with zero attached hydrogens (tertiary/aromatic N) is 1. The Morgan fingerprint density at radius 1 is 1.35 bits per heavy atom. The van der Waals surface area contributed by atoms with Crippen LogP contribution in [0.3, 0.4) is 0 Å². The van der Waals surface area contributed by atoms with Crippen LogP contribution in [0.2, 0.25) is 0 Å². The van der Waals surface area contributed by atoms with Gasteiger partial charge >= 0.3 is 0 Å². The van der Waals surface area contributed by atoms with Crippen LogP contribution in [0.25, 0.3) is 5.57 Å². The summed E-state index contributed by atoms with van der Waals surface area (Å²) in [6.45, 7) is 1.03. The van der Waals surface area contributed by atoms with Crippen molar-refractivity contribution < 1.29 is 13.2 Å². The molecule has 0 atom stereocenters. The summed E-state index contributed by atoms with van der Waals surface area (Å²) in [7, 11) is -3.92. The van der Waals surface area contributed by atoms with Crippen molar-refractivity contribution in [1.82, 2.24) is 0 Å². The summed E-state index contributed by atoms with van der Waals surface area (Å²) in [5, 5.41) is 8.63. The van der Waals surface area contributed by atoms with Crippen LogP contribution in [-0.4, -0.2) is 27.5 Å². The molecule has 0 unspecified atom stereocenters. The fourth-order valence-corrected chi connectivity index (χ4v) is 2.90. The first-order valence-corrected chi connectivity index (χ1v) is 7.46. The molecule has 1 aromatic carbocycles. The number of hydrogen-bond acceptors (Lipinski definition) is 5. The van der Waals surface area contributed by atoms with Gasteiger partial charge in [0.2, 0.25) is 10.0 Å². The van der Waals surface area contributed by atoms with Crippen LogP contribution in [0.1, 0.15) is 17.5 Å². The van der Waals surface area contributed by atoms with E-state index < -0.39 is 10.0 Å². The number of hydrogen-bond donors (Lipinski definition) is 3. The number of rotatable bonds is 3. The van der Waals surface area contributed by atoms with Crippen molar-refractivity contribution >= 4 is 21.4 Å². The van der Waals surface area contributed by atoms with Crippen molar-refractivity contribution in [2.75, 3.05) is 13.2 Å². The number of benzene rings is 1. The highest BCUT2D eigenvalue weighted by atomic mass is 32.2. The molecule has 108 valence electrons. The highest BCUT2D eigenvalue weighted by Crippen LogP contribution is 2.28. The minimum Gasteiger partial charge on any atom is -0.382 e. The van der Waals surface area contributed by atoms with Gasteiger partial charge < -0.3 is 16.3 Å². The Balaban J connectivity index is 2.72. The maximum Gasteiger partial charge on any atom is 0.238 e. The van der Waals surface area contributed by atoms with Crippen molar-refractivity contribution in [3.05, 3.63) is 35.4 Å². The molecule has 0 saturated heterocycles. The highest BCUT2D eigenvalue weighted by Gasteiger charge is 2.22. The number of hydrazone groups is 1. The Kier molecular flexibility index (Phi) is 4.07. The van der Waals surface area contributed by atoms with Crippen LogP contribution in [0, 0.1) is 0 Å². The van der Waals surface area contributed by atoms with Gasteiger partial charge in [0.1, 0.15) is 0 Å². The first kappa shape index (κ1) is 14.5. The van der Waals surface area contributed by atoms with Gasteiger partial charge in [-0.25, -0.2) is 13.6 Å². The average molecular weight is 296 g/mol. The van der Waals surface area contributed by atoms with E-state index in [1.807, 2.05) is 6.08 Å². The van der Waals surface area contributed by atoms with Crippen molar-refractivity contribution in [2.45, 2.75) is 11.3 Å². The number of primary sulfonamides is 1. The Morgan fingerprint density at radius 2 is 2.10 bits per heavy atom. The van der Waals surface area contributed by atoms with E-state index in [1.165, 1.54) is 6.07 Å². The zero-order valence-electron chi connectivity index (χ0n) is 10.7. The lowest BCUT2D eigenvalue weighted by molar-refractivity contribution is 0.161. The summed E-state index contributed by atoms with van der Waals surface area (Å²) in [6, 6.07) is 4.75. The average Bonchev–Trinajstić information content (AvgIpc) is 2.45. The fraction of sp³-hybridized carbons (Fsp3) is 0.250. The first-order valence-electron chi connectivity index (χ1n) is 5.92. The van der Waals surface area contributed by atoms with Gasteiger partial charge in [0.05, 0.1) is 18.1 Å². The monoisotopic (exact) mass is 296 g/mol. The van der Waals surface area contributed by atoms with Gasteiger partial charge in [-0.1, -0.05) is 18.2 Å². The Morgan fingerprint density at radius 3 is 2.65 bits per heavy atom. The predicted molar refractivity (Wildman–Crippen MR) is 76.1 cm³/mol. The van der Waals surface area contributed by atoms with Gasteiger partial charge in [-0.3, -0.25) is 0 Å². The van der Waals surface area contributed by atoms with Crippen molar-refractivity contribution in [3.8, 4) is 0 Å². The standard InChI is InChI=1S/C12H16N4O3S/c13-12(16-14)11-9(8-4-6-19-7-5-8)2-1-3-10(11)20(15,17)18/h1-4H,5-7,14H2,(H2,13,16)(H2,15,17,18). The third kappa shape index (κ3) is 2.82. The molecule has 1 aliphatic rings. The molecule has 0 radical (unpaired) electrons. The molecule has 1 aliphatic heterocycles. The lowest BCUT2D eigenvalue weighted by atomic mass is 9.96. The highest BCUT2D eigenvalue weighted by molar-refractivity contribution is 7.89. The summed E-state index contributed by atoms with van der Waals surface area (Å²) in [6.07, 6.45) is 2.53. The van der Waals surface area contributed by atoms with Gasteiger partial charge in [0.15, 0.2) is 5.84 Å². The zero-order chi connectivity index (χ0) is 14.8. The summed E-state index contributed by atoms with van der Waals surface area (Å²) in [5.41, 5.74) is 7.58. The molecule has 7 nitrogen and oxygen atoms in total. The van der Waals surface area contributed by atoms with Crippen LogP contribution in [0.4, 0.5) is 0 Å². The SMILES string of the molecule is N/N=C(\N)c1c(C2=CCOCC2)cccc1S(N)(=O)=O. The van der Waals surface area contributed by atoms with Gasteiger partial charge in [0, 0.05) is 5.56 Å². The number of amidine groups is 1. The molecular weight excluding hydrogens is 280 g/mol. The van der Waals surface area contributed by atoms with E-state index in [-0.39, 0.29) is 16.3 Å². The maximum atomic E-state index is 11.7. The quantitative estimate of drug-likeness (QED) is 0.305. The molecule has 0 fully saturated rings. The van der Waals surface area contributed by atoms with Crippen molar-refractivity contribution in [2.24, 2.45) is 21.8 Å². The predicted octanol–water partition coefficient (Wildman–Crippen LogP) is -0.283. The molecule has 0 amide bonds. The van der Waals surface area contributed by atoms with E-state index in [1.54, 1.807) is 12.1 Å². The van der Waals surface area contributed by atoms with E-state index in [4.69, 9.17) is 21.5 Å². The Labute approximate surface area is 117 Å². The summed E-state index contributed by atoms with van der Waals surface area (Å²) < 4.78 is 28.6. The molecule has 8 heteroatoms. The lowest BCUT2D eigenvalue weighted by Crippen LogP contribution is -2.24. The molecule has 1 aromatic rings. The number of ether oxygens (including phenoxy) is 1. The molecule has 0 bridgehead atoms. The minimum absolute atomic E-state index is 0.0722. The molecule has 0 aliphatic carbocycles. The third-order valence-corrected chi connectivity index (χ3v) is 3.99. The van der Waals surface area contributed by atoms with Gasteiger partial charge in [-0.15, -0.1) is 0 Å². The molecule has 20 heavy (non-hydrogen) atoms. The number of nitrogens with two attached hydrogens (primary N) is 3. The second kappa shape index (κ2) is 5.61. The number of sulfonamides is 1. The summed E-state index contributed by atoms with van der Waals surface area (Å²) in [4.78, 5) is -0.0888. The van der Waals surface area contributed by atoms with E-state index in [9.17, 15) is 8.42 Å². The Bertz CT molecular complexity index is 680. The molecule has 2 rings (SSSR count). The molecule has 0 spiro atoms. The second-order valence-corrected chi connectivity index (χ2v) is 5.82. The summed E-state index contributed by atoms with van der Waals surface area (Å²) in [5.74, 6) is 5.13. The topological polar surface area (TPSA) is 134 Å². The molecule has 6 N–H and O–H groups in total. The molecule has 1 heterocycles. The Hall–Kier alpha value is -1.90. The van der Waals surface area contributed by atoms with Crippen molar-refractivity contribution in [1.29, 1.82) is 0 Å². The maximum absolute atomic E-state index is 11.7. The van der Waals surface area contributed by atoms with E-state index in [0.29, 0.717) is 25.2 Å². The second-order valence-electron chi connectivity index (χ2n) is 4.29. The zero-order valence-corrected chi connectivity index (χ0v) is 11.6. The lowest BCUT2D eigenvalue weighted by Gasteiger charge is -2.18. The van der Waals surface area contributed by atoms with E-state index >= 15 is 0 Å². The van der Waals surface area contributed by atoms with Gasteiger partial charge in [-0.2, -0.15) is 5.10 Å². The normalized spacial score (nSPS) is 16.9. The van der Waals surface area contributed by atoms with Gasteiger partial charge in [0.25, 0.3) is 0 Å². The molecule has 0 saturated carbocycles. The fourth-order valence-electron chi connectivity index (χ4n) is 2.14. The van der Waals surface area contributed by atoms with Gasteiger partial charge in [-0.05, 0) is 23.6 Å². The van der Waals surface area contributed by atoms with Crippen molar-refractivity contribution in [3.63, 3.8) is 0 Å².